The Bertz CT molecular complexity index is 1590. The van der Waals surface area contributed by atoms with Gasteiger partial charge >= 0.3 is 18.3 Å². The summed E-state index contributed by atoms with van der Waals surface area (Å²) < 4.78 is 102. The van der Waals surface area contributed by atoms with E-state index < -0.39 is 58.2 Å². The van der Waals surface area contributed by atoms with E-state index >= 15 is 0 Å². The normalized spacial score (nSPS) is 17.8. The molecule has 0 N–H and O–H groups in total. The topological polar surface area (TPSA) is 62.7 Å². The molecule has 2 unspecified atom stereocenters. The second-order valence-corrected chi connectivity index (χ2v) is 12.0. The van der Waals surface area contributed by atoms with Gasteiger partial charge in [-0.1, -0.05) is 15.5 Å². The van der Waals surface area contributed by atoms with Crippen molar-refractivity contribution in [2.24, 2.45) is 0 Å². The summed E-state index contributed by atoms with van der Waals surface area (Å²) in [5.74, 6) is -1.74. The van der Waals surface area contributed by atoms with Crippen molar-refractivity contribution in [2.75, 3.05) is 19.1 Å². The van der Waals surface area contributed by atoms with Gasteiger partial charge in [0.05, 0.1) is 47.3 Å². The molecule has 4 rings (SSSR count). The Morgan fingerprint density at radius 2 is 1.51 bits per heavy atom. The van der Waals surface area contributed by atoms with Crippen LogP contribution < -0.4 is 4.90 Å². The first kappa shape index (κ1) is 34.3. The number of nitrogens with zero attached hydrogens (tertiary/aromatic N) is 3. The number of rotatable bonds is 6. The molecular formula is C31H31F7N3O3P. The number of carbonyl (C=O) groups excluding carboxylic acids is 2. The molecule has 242 valence electrons. The summed E-state index contributed by atoms with van der Waals surface area (Å²) in [5, 5.41) is 0. The Labute approximate surface area is 257 Å². The van der Waals surface area contributed by atoms with Crippen LogP contribution in [0.4, 0.5) is 36.4 Å². The Balaban J connectivity index is 1.82. The number of pyridine rings is 1. The number of hydrogen-bond acceptors (Lipinski definition) is 5. The number of aromatic nitrogens is 1. The van der Waals surface area contributed by atoms with Gasteiger partial charge in [-0.15, -0.1) is 0 Å². The van der Waals surface area contributed by atoms with Crippen molar-refractivity contribution in [1.82, 2.24) is 9.65 Å². The SMILES string of the molecule is COC(=O)[C@H]1CCC(c2cc(-c3ccc(F)cc3C)c(N(C)C(=O)C(C)(C)c3cc(C(F)(F)F)cc(C(F)(F)F)c3)cn2)N1P. The number of halogens is 7. The number of amides is 1. The monoisotopic (exact) mass is 657 g/mol. The highest BCUT2D eigenvalue weighted by Gasteiger charge is 2.42. The quantitative estimate of drug-likeness (QED) is 0.155. The van der Waals surface area contributed by atoms with Gasteiger partial charge < -0.3 is 9.64 Å². The van der Waals surface area contributed by atoms with E-state index in [-0.39, 0.29) is 17.8 Å². The number of benzene rings is 2. The number of ether oxygens (including phenoxy) is 1. The van der Waals surface area contributed by atoms with Gasteiger partial charge in [0, 0.05) is 12.6 Å². The van der Waals surface area contributed by atoms with Crippen molar-refractivity contribution in [3.63, 3.8) is 0 Å². The predicted octanol–water partition coefficient (Wildman–Crippen LogP) is 7.64. The summed E-state index contributed by atoms with van der Waals surface area (Å²) in [5.41, 5.74) is -3.26. The van der Waals surface area contributed by atoms with E-state index in [1.807, 2.05) is 0 Å². The Morgan fingerprint density at radius 1 is 0.933 bits per heavy atom. The van der Waals surface area contributed by atoms with Gasteiger partial charge in [-0.2, -0.15) is 26.3 Å². The van der Waals surface area contributed by atoms with Crippen LogP contribution in [-0.4, -0.2) is 41.7 Å². The summed E-state index contributed by atoms with van der Waals surface area (Å²) in [7, 11) is 5.12. The molecule has 14 heteroatoms. The first-order valence-corrected chi connectivity index (χ1v) is 14.2. The predicted molar refractivity (Wildman–Crippen MR) is 157 cm³/mol. The van der Waals surface area contributed by atoms with Crippen LogP contribution in [0.2, 0.25) is 0 Å². The third-order valence-corrected chi connectivity index (χ3v) is 8.86. The van der Waals surface area contributed by atoms with Gasteiger partial charge in [-0.3, -0.25) is 19.2 Å². The van der Waals surface area contributed by atoms with Gasteiger partial charge in [0.25, 0.3) is 0 Å². The smallest absolute Gasteiger partial charge is 0.416 e. The number of alkyl halides is 6. The Morgan fingerprint density at radius 3 is 2.04 bits per heavy atom. The minimum atomic E-state index is -5.09. The third-order valence-electron chi connectivity index (χ3n) is 8.14. The lowest BCUT2D eigenvalue weighted by Crippen LogP contribution is -2.42. The zero-order valence-electron chi connectivity index (χ0n) is 25.0. The Kier molecular flexibility index (Phi) is 9.39. The summed E-state index contributed by atoms with van der Waals surface area (Å²) >= 11 is 0. The summed E-state index contributed by atoms with van der Waals surface area (Å²) in [6.45, 7) is 4.13. The first-order valence-electron chi connectivity index (χ1n) is 13.7. The molecule has 6 nitrogen and oxygen atoms in total. The van der Waals surface area contributed by atoms with Gasteiger partial charge in [-0.25, -0.2) is 4.39 Å². The Hall–Kier alpha value is -3.57. The number of methoxy groups -OCH3 is 1. The van der Waals surface area contributed by atoms with Crippen molar-refractivity contribution in [3.8, 4) is 11.1 Å². The van der Waals surface area contributed by atoms with Crippen LogP contribution in [0.15, 0.2) is 48.7 Å². The molecular weight excluding hydrogens is 626 g/mol. The van der Waals surface area contributed by atoms with Crippen molar-refractivity contribution >= 4 is 27.0 Å². The molecule has 2 aromatic carbocycles. The van der Waals surface area contributed by atoms with Crippen molar-refractivity contribution < 1.29 is 45.1 Å². The van der Waals surface area contributed by atoms with Gasteiger partial charge in [0.1, 0.15) is 11.9 Å². The molecule has 0 radical (unpaired) electrons. The molecule has 45 heavy (non-hydrogen) atoms. The molecule has 1 aliphatic rings. The number of likely N-dealkylation sites (N-methyl/N-ethyl adjacent to an activating group) is 1. The van der Waals surface area contributed by atoms with Crippen LogP contribution in [0.25, 0.3) is 11.1 Å². The fourth-order valence-corrected chi connectivity index (χ4v) is 6.11. The largest absolute Gasteiger partial charge is 0.468 e. The lowest BCUT2D eigenvalue weighted by Gasteiger charge is -2.32. The molecule has 0 spiro atoms. The molecule has 0 aliphatic carbocycles. The zero-order chi connectivity index (χ0) is 33.6. The number of carbonyl (C=O) groups is 2. The van der Waals surface area contributed by atoms with Crippen molar-refractivity contribution in [2.45, 2.75) is 63.5 Å². The van der Waals surface area contributed by atoms with E-state index in [1.165, 1.54) is 52.4 Å². The molecule has 0 saturated carbocycles. The highest BCUT2D eigenvalue weighted by molar-refractivity contribution is 7.13. The summed E-state index contributed by atoms with van der Waals surface area (Å²) in [4.78, 5) is 31.9. The highest BCUT2D eigenvalue weighted by Crippen LogP contribution is 2.43. The maximum Gasteiger partial charge on any atom is 0.416 e. The van der Waals surface area contributed by atoms with Gasteiger partial charge in [-0.05, 0) is 86.7 Å². The molecule has 1 fully saturated rings. The number of esters is 1. The number of hydrogen-bond donors (Lipinski definition) is 0. The van der Waals surface area contributed by atoms with E-state index in [4.69, 9.17) is 4.74 Å². The van der Waals surface area contributed by atoms with E-state index in [0.717, 1.165) is 4.90 Å². The van der Waals surface area contributed by atoms with Crippen LogP contribution in [0, 0.1) is 12.7 Å². The fourth-order valence-electron chi connectivity index (χ4n) is 5.53. The minimum Gasteiger partial charge on any atom is -0.468 e. The standard InChI is InChI=1S/C31H31F7N3O3P/c1-16-10-20(32)6-7-21(16)22-14-23(24-8-9-25(41(24)45)27(42)44-5)39-15-26(22)40(4)28(43)29(2,3)17-11-18(30(33,34)35)13-19(12-17)31(36,37)38/h6-7,10-15,24-25H,8-9,45H2,1-5H3/t24?,25-/m1/s1. The second-order valence-electron chi connectivity index (χ2n) is 11.4. The molecule has 3 aromatic rings. The van der Waals surface area contributed by atoms with Gasteiger partial charge in [0.2, 0.25) is 5.91 Å². The van der Waals surface area contributed by atoms with E-state index in [9.17, 15) is 40.3 Å². The maximum atomic E-state index is 14.1. The average Bonchev–Trinajstić information content (AvgIpc) is 3.35. The molecule has 1 aliphatic heterocycles. The van der Waals surface area contributed by atoms with Gasteiger partial charge in [0.15, 0.2) is 0 Å². The molecule has 1 amide bonds. The maximum absolute atomic E-state index is 14.1. The molecule has 1 saturated heterocycles. The van der Waals surface area contributed by atoms with Crippen LogP contribution >= 0.6 is 9.39 Å². The summed E-state index contributed by atoms with van der Waals surface area (Å²) in [6, 6.07) is 5.90. The molecule has 0 bridgehead atoms. The third kappa shape index (κ3) is 6.84. The van der Waals surface area contributed by atoms with Crippen molar-refractivity contribution in [1.29, 1.82) is 0 Å². The average molecular weight is 658 g/mol. The molecule has 1 aromatic heterocycles. The van der Waals surface area contributed by atoms with Crippen LogP contribution in [0.5, 0.6) is 0 Å². The van der Waals surface area contributed by atoms with Crippen LogP contribution in [-0.2, 0) is 32.1 Å². The zero-order valence-corrected chi connectivity index (χ0v) is 26.1. The van der Waals surface area contributed by atoms with E-state index in [0.29, 0.717) is 47.4 Å². The molecule has 3 atom stereocenters. The lowest BCUT2D eigenvalue weighted by atomic mass is 9.81. The fraction of sp³-hybridized carbons (Fsp3) is 0.387. The highest BCUT2D eigenvalue weighted by atomic mass is 31.0. The summed E-state index contributed by atoms with van der Waals surface area (Å²) in [6.07, 6.45) is -7.78. The van der Waals surface area contributed by atoms with Crippen LogP contribution in [0.3, 0.4) is 0 Å². The second kappa shape index (κ2) is 12.3. The van der Waals surface area contributed by atoms with Crippen molar-refractivity contribution in [3.05, 3.63) is 82.4 Å². The van der Waals surface area contributed by atoms with E-state index in [2.05, 4.69) is 14.4 Å². The minimum absolute atomic E-state index is 0.00884. The molecule has 2 heterocycles. The lowest BCUT2D eigenvalue weighted by molar-refractivity contribution is -0.145. The van der Waals surface area contributed by atoms with Crippen LogP contribution in [0.1, 0.15) is 60.7 Å². The first-order chi connectivity index (χ1) is 20.8. The number of aryl methyl sites for hydroxylation is 1. The van der Waals surface area contributed by atoms with E-state index in [1.54, 1.807) is 17.7 Å². The number of anilines is 1.